The largest absolute Gasteiger partial charge is 0.383 e. The topological polar surface area (TPSA) is 233 Å². The number of rotatable bonds is 2. The van der Waals surface area contributed by atoms with Crippen LogP contribution in [0, 0.1) is 5.92 Å². The van der Waals surface area contributed by atoms with E-state index in [9.17, 15) is 14.8 Å². The molecule has 42 heavy (non-hydrogen) atoms. The normalized spacial score (nSPS) is 34.2. The van der Waals surface area contributed by atoms with E-state index in [-0.39, 0.29) is 36.1 Å². The number of anilines is 2. The van der Waals surface area contributed by atoms with Gasteiger partial charge in [0.25, 0.3) is 5.56 Å². The van der Waals surface area contributed by atoms with Crippen molar-refractivity contribution in [2.24, 2.45) is 5.92 Å². The molecule has 3 aliphatic rings. The molecule has 3 unspecified atom stereocenters. The maximum atomic E-state index is 15.6. The Morgan fingerprint density at radius 2 is 1.98 bits per heavy atom. The summed E-state index contributed by atoms with van der Waals surface area (Å²) >= 11 is 0. The molecular formula is C23H27FN9O8P. The summed E-state index contributed by atoms with van der Waals surface area (Å²) in [5, 5.41) is 11.4. The van der Waals surface area contributed by atoms with E-state index < -0.39 is 57.6 Å². The number of fused-ring (bicyclic) bond motifs is 5. The fourth-order valence-electron chi connectivity index (χ4n) is 5.68. The molecule has 7 N–H and O–H groups in total. The van der Waals surface area contributed by atoms with Gasteiger partial charge in [0.1, 0.15) is 30.1 Å². The van der Waals surface area contributed by atoms with Crippen molar-refractivity contribution in [3.05, 3.63) is 35.3 Å². The fourth-order valence-corrected chi connectivity index (χ4v) is 6.45. The van der Waals surface area contributed by atoms with Crippen LogP contribution in [0.1, 0.15) is 31.7 Å². The SMILES string of the molecule is Nc1nc2c(ncn2[C@@H]2OC3OC(O)CC[C@H]4C[C@H](n5ccc6c(N)ncnc65)O[C@@H]4COP(O)O[C@@H]2[C@@H]3F)c(=O)[nH]1. The summed E-state index contributed by atoms with van der Waals surface area (Å²) < 4.78 is 47.6. The summed E-state index contributed by atoms with van der Waals surface area (Å²) in [4.78, 5) is 41.8. The highest BCUT2D eigenvalue weighted by molar-refractivity contribution is 7.40. The highest BCUT2D eigenvalue weighted by Gasteiger charge is 2.51. The van der Waals surface area contributed by atoms with E-state index in [0.29, 0.717) is 29.7 Å². The van der Waals surface area contributed by atoms with Crippen molar-refractivity contribution in [2.45, 2.75) is 62.7 Å². The van der Waals surface area contributed by atoms with Crippen LogP contribution < -0.4 is 17.0 Å². The van der Waals surface area contributed by atoms with E-state index >= 15 is 4.39 Å². The van der Waals surface area contributed by atoms with Crippen molar-refractivity contribution in [2.75, 3.05) is 18.1 Å². The molecule has 0 saturated carbocycles. The van der Waals surface area contributed by atoms with Gasteiger partial charge in [0, 0.05) is 6.20 Å². The van der Waals surface area contributed by atoms with E-state index in [2.05, 4.69) is 24.9 Å². The average Bonchev–Trinajstić information content (AvgIpc) is 3.72. The van der Waals surface area contributed by atoms with Crippen molar-refractivity contribution in [1.29, 1.82) is 0 Å². The second kappa shape index (κ2) is 10.7. The number of aliphatic hydroxyl groups is 1. The number of alkyl halides is 1. The Morgan fingerprint density at radius 1 is 1.12 bits per heavy atom. The molecular weight excluding hydrogens is 580 g/mol. The van der Waals surface area contributed by atoms with Crippen LogP contribution in [0.4, 0.5) is 16.2 Å². The molecule has 224 valence electrons. The molecule has 0 aromatic carbocycles. The number of imidazole rings is 1. The summed E-state index contributed by atoms with van der Waals surface area (Å²) in [6.07, 6.45) is -3.12. The van der Waals surface area contributed by atoms with Gasteiger partial charge < -0.3 is 49.3 Å². The number of nitrogens with one attached hydrogen (secondary N) is 1. The first-order valence-corrected chi connectivity index (χ1v) is 14.3. The number of nitrogens with zero attached hydrogens (tertiary/aromatic N) is 6. The number of hydrogen-bond acceptors (Lipinski definition) is 14. The zero-order valence-electron chi connectivity index (χ0n) is 21.8. The van der Waals surface area contributed by atoms with Gasteiger partial charge in [0.15, 0.2) is 36.1 Å². The van der Waals surface area contributed by atoms with Crippen molar-refractivity contribution in [3.63, 3.8) is 0 Å². The van der Waals surface area contributed by atoms with Crippen LogP contribution in [0.2, 0.25) is 0 Å². The summed E-state index contributed by atoms with van der Waals surface area (Å²) in [6.45, 7) is -0.0727. The van der Waals surface area contributed by atoms with Gasteiger partial charge in [-0.1, -0.05) is 0 Å². The lowest BCUT2D eigenvalue weighted by molar-refractivity contribution is -0.243. The molecule has 0 aliphatic carbocycles. The Hall–Kier alpha value is -3.35. The van der Waals surface area contributed by atoms with Crippen molar-refractivity contribution in [1.82, 2.24) is 34.1 Å². The van der Waals surface area contributed by atoms with E-state index in [0.717, 1.165) is 0 Å². The number of nitrogens with two attached hydrogens (primary N) is 2. The van der Waals surface area contributed by atoms with Gasteiger partial charge in [0.05, 0.1) is 24.4 Å². The van der Waals surface area contributed by atoms with Crippen LogP contribution in [-0.4, -0.2) is 81.6 Å². The summed E-state index contributed by atoms with van der Waals surface area (Å²) in [5.74, 6) is 0.0444. The third-order valence-electron chi connectivity index (χ3n) is 7.70. The van der Waals surface area contributed by atoms with Gasteiger partial charge in [-0.25, -0.2) is 19.3 Å². The monoisotopic (exact) mass is 607 g/mol. The van der Waals surface area contributed by atoms with E-state index in [1.54, 1.807) is 6.07 Å². The quantitative estimate of drug-likeness (QED) is 0.196. The minimum absolute atomic E-state index is 0.00496. The molecule has 19 heteroatoms. The van der Waals surface area contributed by atoms with Gasteiger partial charge >= 0.3 is 8.60 Å². The maximum Gasteiger partial charge on any atom is 0.330 e. The molecule has 17 nitrogen and oxygen atoms in total. The predicted octanol–water partition coefficient (Wildman–Crippen LogP) is 0.575. The summed E-state index contributed by atoms with van der Waals surface area (Å²) in [6, 6.07) is 1.81. The highest BCUT2D eigenvalue weighted by Crippen LogP contribution is 2.47. The van der Waals surface area contributed by atoms with Crippen molar-refractivity contribution in [3.8, 4) is 0 Å². The minimum Gasteiger partial charge on any atom is -0.383 e. The van der Waals surface area contributed by atoms with Crippen LogP contribution in [0.15, 0.2) is 29.7 Å². The summed E-state index contributed by atoms with van der Waals surface area (Å²) in [7, 11) is -2.63. The highest BCUT2D eigenvalue weighted by atomic mass is 31.2. The lowest BCUT2D eigenvalue weighted by Gasteiger charge is -2.24. The van der Waals surface area contributed by atoms with Gasteiger partial charge in [-0.15, -0.1) is 0 Å². The lowest BCUT2D eigenvalue weighted by Crippen LogP contribution is -2.33. The van der Waals surface area contributed by atoms with E-state index in [4.69, 9.17) is 34.7 Å². The van der Waals surface area contributed by atoms with Crippen LogP contribution in [0.25, 0.3) is 22.2 Å². The first kappa shape index (κ1) is 27.5. The van der Waals surface area contributed by atoms with Gasteiger partial charge in [0.2, 0.25) is 5.95 Å². The molecule has 7 heterocycles. The first-order valence-electron chi connectivity index (χ1n) is 13.1. The van der Waals surface area contributed by atoms with Crippen LogP contribution >= 0.6 is 8.60 Å². The van der Waals surface area contributed by atoms with Gasteiger partial charge in [-0.05, 0) is 31.2 Å². The molecule has 0 radical (unpaired) electrons. The summed E-state index contributed by atoms with van der Waals surface area (Å²) in [5.41, 5.74) is 11.6. The first-order chi connectivity index (χ1) is 20.3. The fraction of sp³-hybridized carbons (Fsp3) is 0.522. The van der Waals surface area contributed by atoms with Crippen LogP contribution in [0.3, 0.4) is 0 Å². The Labute approximate surface area is 236 Å². The standard InChI is InChI=1S/C23H27FN9O8P/c24-14-16-21(33-8-29-15-19(33)30-23(26)31-20(15)35)40-22(14)39-13(34)2-1-9-5-12(38-11(9)6-37-42(36)41-16)32-4-3-10-17(25)27-7-28-18(10)32/h3-4,7-9,11-14,16,21-22,34,36H,1-2,5-6H2,(H2,25,27,28)(H3,26,30,31,35)/t9-,11+,12+,13?,14-,16+,21+,22?,42?/m0/s1. The number of nitrogen functional groups attached to an aromatic ring is 2. The predicted molar refractivity (Wildman–Crippen MR) is 142 cm³/mol. The second-order valence-corrected chi connectivity index (χ2v) is 11.2. The third kappa shape index (κ3) is 4.79. The molecule has 2 bridgehead atoms. The zero-order valence-corrected chi connectivity index (χ0v) is 22.7. The smallest absolute Gasteiger partial charge is 0.330 e. The Bertz CT molecular complexity index is 1670. The Morgan fingerprint density at radius 3 is 2.83 bits per heavy atom. The number of halogens is 1. The Balaban J connectivity index is 1.14. The number of hydrogen-bond donors (Lipinski definition) is 5. The maximum absolute atomic E-state index is 15.6. The molecule has 4 aromatic rings. The molecule has 9 atom stereocenters. The number of aromatic amines is 1. The van der Waals surface area contributed by atoms with E-state index in [1.165, 1.54) is 17.2 Å². The number of aromatic nitrogens is 7. The Kier molecular flexibility index (Phi) is 7.02. The van der Waals surface area contributed by atoms with Gasteiger partial charge in [-0.3, -0.25) is 14.3 Å². The molecule has 4 aromatic heterocycles. The molecule has 0 spiro atoms. The number of aliphatic hydroxyl groups excluding tert-OH is 1. The van der Waals surface area contributed by atoms with Crippen LogP contribution in [-0.2, 0) is 23.3 Å². The third-order valence-corrected chi connectivity index (χ3v) is 8.50. The van der Waals surface area contributed by atoms with Crippen LogP contribution in [0.5, 0.6) is 0 Å². The second-order valence-electron chi connectivity index (χ2n) is 10.2. The molecule has 3 fully saturated rings. The lowest BCUT2D eigenvalue weighted by atomic mass is 9.95. The van der Waals surface area contributed by atoms with E-state index in [1.807, 2.05) is 10.8 Å². The van der Waals surface area contributed by atoms with Crippen molar-refractivity contribution >= 4 is 42.6 Å². The minimum atomic E-state index is -2.63. The molecule has 0 amide bonds. The van der Waals surface area contributed by atoms with Crippen molar-refractivity contribution < 1.29 is 37.6 Å². The average molecular weight is 607 g/mol. The number of H-pyrrole nitrogens is 1. The molecule has 3 saturated heterocycles. The van der Waals surface area contributed by atoms with Gasteiger partial charge in [-0.2, -0.15) is 4.98 Å². The number of ether oxygens (including phenoxy) is 3. The molecule has 3 aliphatic heterocycles. The zero-order chi connectivity index (χ0) is 29.1. The molecule has 7 rings (SSSR count).